The largest absolute Gasteiger partial charge is 0.366 e. The number of primary amides is 1. The third-order valence-electron chi connectivity index (χ3n) is 3.63. The second kappa shape index (κ2) is 9.03. The van der Waals surface area contributed by atoms with E-state index in [-0.39, 0.29) is 16.6 Å². The van der Waals surface area contributed by atoms with Gasteiger partial charge in [-0.2, -0.15) is 0 Å². The maximum atomic E-state index is 12.7. The van der Waals surface area contributed by atoms with Crippen molar-refractivity contribution in [2.24, 2.45) is 11.7 Å². The van der Waals surface area contributed by atoms with Crippen LogP contribution < -0.4 is 11.1 Å². The molecule has 0 aliphatic heterocycles. The van der Waals surface area contributed by atoms with E-state index in [0.29, 0.717) is 17.9 Å². The zero-order valence-corrected chi connectivity index (χ0v) is 14.7. The minimum Gasteiger partial charge on any atom is -0.366 e. The van der Waals surface area contributed by atoms with Crippen LogP contribution in [0, 0.1) is 5.92 Å². The first kappa shape index (κ1) is 18.7. The van der Waals surface area contributed by atoms with Crippen molar-refractivity contribution in [2.75, 3.05) is 11.1 Å². The van der Waals surface area contributed by atoms with Crippen LogP contribution in [0.3, 0.4) is 0 Å². The Bertz CT molecular complexity index is 762. The van der Waals surface area contributed by atoms with Gasteiger partial charge in [-0.1, -0.05) is 54.2 Å². The lowest BCUT2D eigenvalue weighted by Gasteiger charge is -2.17. The summed E-state index contributed by atoms with van der Waals surface area (Å²) in [5.41, 5.74) is 7.00. The van der Waals surface area contributed by atoms with Gasteiger partial charge >= 0.3 is 0 Å². The monoisotopic (exact) mass is 356 g/mol. The van der Waals surface area contributed by atoms with Crippen LogP contribution in [0.2, 0.25) is 0 Å². The van der Waals surface area contributed by atoms with E-state index >= 15 is 0 Å². The normalized spacial score (nSPS) is 11.6. The SMILES string of the molecule is CC(=O)SCC(Cc1ccccc1)C(=O)Nc1ccccc1C(N)=O. The summed E-state index contributed by atoms with van der Waals surface area (Å²) in [6, 6.07) is 16.2. The Morgan fingerprint density at radius 2 is 1.68 bits per heavy atom. The van der Waals surface area contributed by atoms with Crippen LogP contribution in [0.4, 0.5) is 5.69 Å². The highest BCUT2D eigenvalue weighted by Gasteiger charge is 2.21. The molecule has 1 unspecified atom stereocenters. The van der Waals surface area contributed by atoms with E-state index in [0.717, 1.165) is 17.3 Å². The molecule has 0 fully saturated rings. The van der Waals surface area contributed by atoms with Gasteiger partial charge in [0.25, 0.3) is 5.91 Å². The minimum absolute atomic E-state index is 0.0385. The smallest absolute Gasteiger partial charge is 0.250 e. The first-order valence-corrected chi connectivity index (χ1v) is 8.83. The van der Waals surface area contributed by atoms with E-state index in [1.54, 1.807) is 24.3 Å². The van der Waals surface area contributed by atoms with Crippen molar-refractivity contribution in [1.29, 1.82) is 0 Å². The summed E-state index contributed by atoms with van der Waals surface area (Å²) in [7, 11) is 0. The number of anilines is 1. The van der Waals surface area contributed by atoms with Crippen molar-refractivity contribution >= 4 is 34.4 Å². The van der Waals surface area contributed by atoms with Gasteiger partial charge in [0.05, 0.1) is 17.2 Å². The molecule has 2 rings (SSSR count). The van der Waals surface area contributed by atoms with E-state index in [9.17, 15) is 14.4 Å². The van der Waals surface area contributed by atoms with Gasteiger partial charge < -0.3 is 11.1 Å². The molecule has 130 valence electrons. The lowest BCUT2D eigenvalue weighted by Crippen LogP contribution is -2.28. The minimum atomic E-state index is -0.603. The highest BCUT2D eigenvalue weighted by molar-refractivity contribution is 8.13. The molecule has 5 nitrogen and oxygen atoms in total. The fourth-order valence-electron chi connectivity index (χ4n) is 2.39. The molecule has 0 aliphatic carbocycles. The molecule has 2 amide bonds. The van der Waals surface area contributed by atoms with E-state index in [1.165, 1.54) is 6.92 Å². The van der Waals surface area contributed by atoms with Crippen molar-refractivity contribution in [3.63, 3.8) is 0 Å². The number of thioether (sulfide) groups is 1. The van der Waals surface area contributed by atoms with Crippen LogP contribution in [-0.4, -0.2) is 22.7 Å². The van der Waals surface area contributed by atoms with Gasteiger partial charge in [-0.15, -0.1) is 0 Å². The summed E-state index contributed by atoms with van der Waals surface area (Å²) in [5, 5.41) is 2.73. The number of nitrogens with two attached hydrogens (primary N) is 1. The third kappa shape index (κ3) is 5.76. The maximum Gasteiger partial charge on any atom is 0.250 e. The number of carbonyl (C=O) groups excluding carboxylic acids is 3. The number of nitrogens with one attached hydrogen (secondary N) is 1. The topological polar surface area (TPSA) is 89.3 Å². The molecule has 0 saturated heterocycles. The fourth-order valence-corrected chi connectivity index (χ4v) is 3.09. The van der Waals surface area contributed by atoms with Crippen molar-refractivity contribution in [1.82, 2.24) is 0 Å². The predicted octanol–water partition coefficient (Wildman–Crippen LogP) is 2.86. The Hall–Kier alpha value is -2.60. The van der Waals surface area contributed by atoms with Gasteiger partial charge in [0.1, 0.15) is 0 Å². The fraction of sp³-hybridized carbons (Fsp3) is 0.211. The standard InChI is InChI=1S/C19H20N2O3S/c1-13(22)25-12-15(11-14-7-3-2-4-8-14)19(24)21-17-10-6-5-9-16(17)18(20)23/h2-10,15H,11-12H2,1H3,(H2,20,23)(H,21,24). The quantitative estimate of drug-likeness (QED) is 0.798. The molecule has 25 heavy (non-hydrogen) atoms. The first-order chi connectivity index (χ1) is 12.0. The van der Waals surface area contributed by atoms with Crippen molar-refractivity contribution in [3.05, 3.63) is 65.7 Å². The molecule has 0 aromatic heterocycles. The summed E-state index contributed by atoms with van der Waals surface area (Å²) in [5.74, 6) is -0.883. The predicted molar refractivity (Wildman–Crippen MR) is 100 cm³/mol. The Morgan fingerprint density at radius 1 is 1.04 bits per heavy atom. The molecule has 1 atom stereocenters. The molecule has 0 bridgehead atoms. The third-order valence-corrected chi connectivity index (χ3v) is 4.61. The summed E-state index contributed by atoms with van der Waals surface area (Å²) in [4.78, 5) is 35.5. The summed E-state index contributed by atoms with van der Waals surface area (Å²) >= 11 is 1.12. The molecule has 3 N–H and O–H groups in total. The van der Waals surface area contributed by atoms with Gasteiger partial charge in [-0.05, 0) is 24.1 Å². The number of hydrogen-bond acceptors (Lipinski definition) is 4. The molecular weight excluding hydrogens is 336 g/mol. The van der Waals surface area contributed by atoms with Crippen LogP contribution in [-0.2, 0) is 16.0 Å². The van der Waals surface area contributed by atoms with E-state index in [4.69, 9.17) is 5.73 Å². The van der Waals surface area contributed by atoms with Crippen LogP contribution >= 0.6 is 11.8 Å². The van der Waals surface area contributed by atoms with Gasteiger partial charge in [-0.25, -0.2) is 0 Å². The van der Waals surface area contributed by atoms with Gasteiger partial charge in [0.15, 0.2) is 5.12 Å². The Kier molecular flexibility index (Phi) is 6.77. The molecule has 0 aliphatic rings. The zero-order valence-electron chi connectivity index (χ0n) is 13.9. The highest BCUT2D eigenvalue weighted by atomic mass is 32.2. The number of hydrogen-bond donors (Lipinski definition) is 2. The van der Waals surface area contributed by atoms with Crippen molar-refractivity contribution in [3.8, 4) is 0 Å². The highest BCUT2D eigenvalue weighted by Crippen LogP contribution is 2.20. The number of benzene rings is 2. The molecule has 0 radical (unpaired) electrons. The van der Waals surface area contributed by atoms with Crippen LogP contribution in [0.1, 0.15) is 22.8 Å². The zero-order chi connectivity index (χ0) is 18.2. The Balaban J connectivity index is 2.17. The van der Waals surface area contributed by atoms with Gasteiger partial charge in [-0.3, -0.25) is 14.4 Å². The molecule has 0 spiro atoms. The second-order valence-corrected chi connectivity index (χ2v) is 6.79. The number of carbonyl (C=O) groups is 3. The molecule has 0 saturated carbocycles. The van der Waals surface area contributed by atoms with Crippen LogP contribution in [0.5, 0.6) is 0 Å². The molecule has 0 heterocycles. The lowest BCUT2D eigenvalue weighted by atomic mass is 10.00. The summed E-state index contributed by atoms with van der Waals surface area (Å²) in [6.07, 6.45) is 0.506. The molecular formula is C19H20N2O3S. The van der Waals surface area contributed by atoms with E-state index in [2.05, 4.69) is 5.32 Å². The van der Waals surface area contributed by atoms with E-state index < -0.39 is 11.8 Å². The number of para-hydroxylation sites is 1. The van der Waals surface area contributed by atoms with Gasteiger partial charge in [0.2, 0.25) is 5.91 Å². The first-order valence-electron chi connectivity index (χ1n) is 7.84. The average molecular weight is 356 g/mol. The Morgan fingerprint density at radius 3 is 2.32 bits per heavy atom. The summed E-state index contributed by atoms with van der Waals surface area (Å²) in [6.45, 7) is 1.48. The average Bonchev–Trinajstić information content (AvgIpc) is 2.59. The number of rotatable bonds is 7. The number of amides is 2. The molecule has 6 heteroatoms. The maximum absolute atomic E-state index is 12.7. The van der Waals surface area contributed by atoms with Crippen LogP contribution in [0.25, 0.3) is 0 Å². The van der Waals surface area contributed by atoms with Gasteiger partial charge in [0, 0.05) is 12.7 Å². The lowest BCUT2D eigenvalue weighted by molar-refractivity contribution is -0.119. The van der Waals surface area contributed by atoms with Crippen molar-refractivity contribution < 1.29 is 14.4 Å². The molecule has 2 aromatic carbocycles. The van der Waals surface area contributed by atoms with Crippen molar-refractivity contribution in [2.45, 2.75) is 13.3 Å². The summed E-state index contributed by atoms with van der Waals surface area (Å²) < 4.78 is 0. The second-order valence-electron chi connectivity index (χ2n) is 5.59. The van der Waals surface area contributed by atoms with E-state index in [1.807, 2.05) is 30.3 Å². The Labute approximate surface area is 151 Å². The molecule has 2 aromatic rings. The van der Waals surface area contributed by atoms with Crippen LogP contribution in [0.15, 0.2) is 54.6 Å².